The van der Waals surface area contributed by atoms with E-state index in [1.165, 1.54) is 7.11 Å². The molecule has 0 aliphatic carbocycles. The average molecular weight is 236 g/mol. The molecule has 0 atom stereocenters. The summed E-state index contributed by atoms with van der Waals surface area (Å²) in [4.78, 5) is 10.9. The lowest BCUT2D eigenvalue weighted by atomic mass is 10.1. The van der Waals surface area contributed by atoms with Crippen LogP contribution in [-0.4, -0.2) is 31.9 Å². The highest BCUT2D eigenvalue weighted by Gasteiger charge is 2.20. The van der Waals surface area contributed by atoms with Crippen molar-refractivity contribution in [3.8, 4) is 17.2 Å². The maximum Gasteiger partial charge on any atom is 0.335 e. The van der Waals surface area contributed by atoms with Crippen molar-refractivity contribution >= 4 is 12.0 Å². The summed E-state index contributed by atoms with van der Waals surface area (Å²) >= 11 is 0. The largest absolute Gasteiger partial charge is 0.496 e. The van der Waals surface area contributed by atoms with Gasteiger partial charge in [-0.3, -0.25) is 0 Å². The Morgan fingerprint density at radius 2 is 2.12 bits per heavy atom. The number of hydrogen-bond donors (Lipinski definition) is 1. The zero-order valence-electron chi connectivity index (χ0n) is 9.52. The van der Waals surface area contributed by atoms with Gasteiger partial charge in [0.05, 0.1) is 25.4 Å². The Hall–Kier alpha value is -2.17. The van der Waals surface area contributed by atoms with Gasteiger partial charge in [0.15, 0.2) is 0 Å². The third-order valence-corrected chi connectivity index (χ3v) is 2.51. The lowest BCUT2D eigenvalue weighted by Crippen LogP contribution is -2.14. The Bertz CT molecular complexity index is 490. The molecule has 1 N–H and O–H groups in total. The smallest absolute Gasteiger partial charge is 0.335 e. The van der Waals surface area contributed by atoms with Crippen LogP contribution in [0.2, 0.25) is 0 Å². The minimum Gasteiger partial charge on any atom is -0.496 e. The summed E-state index contributed by atoms with van der Waals surface area (Å²) in [6.45, 7) is 0.0403. The molecule has 17 heavy (non-hydrogen) atoms. The SMILES string of the molecule is COc1cc(OC)c2c(c1)OCC(C(=O)O)=C2. The maximum absolute atomic E-state index is 10.9. The van der Waals surface area contributed by atoms with E-state index in [9.17, 15) is 4.79 Å². The van der Waals surface area contributed by atoms with Gasteiger partial charge in [0.25, 0.3) is 0 Å². The summed E-state index contributed by atoms with van der Waals surface area (Å²) in [5.74, 6) is 0.699. The molecule has 0 amide bonds. The van der Waals surface area contributed by atoms with Gasteiger partial charge in [-0.25, -0.2) is 4.79 Å². The lowest BCUT2D eigenvalue weighted by Gasteiger charge is -2.19. The van der Waals surface area contributed by atoms with Crippen LogP contribution in [-0.2, 0) is 4.79 Å². The standard InChI is InChI=1S/C12H12O5/c1-15-8-4-10(16-2)9-3-7(12(13)14)6-17-11(9)5-8/h3-5H,6H2,1-2H3,(H,13,14). The molecule has 0 spiro atoms. The molecule has 0 unspecified atom stereocenters. The normalized spacial score (nSPS) is 13.2. The summed E-state index contributed by atoms with van der Waals surface area (Å²) in [5, 5.41) is 8.91. The molecule has 0 saturated carbocycles. The monoisotopic (exact) mass is 236 g/mol. The first kappa shape index (κ1) is 11.3. The van der Waals surface area contributed by atoms with Crippen molar-refractivity contribution in [2.24, 2.45) is 0 Å². The molecular formula is C12H12O5. The number of benzene rings is 1. The lowest BCUT2D eigenvalue weighted by molar-refractivity contribution is -0.132. The van der Waals surface area contributed by atoms with Gasteiger partial charge in [-0.05, 0) is 6.08 Å². The van der Waals surface area contributed by atoms with Gasteiger partial charge in [0.1, 0.15) is 23.9 Å². The van der Waals surface area contributed by atoms with Crippen LogP contribution >= 0.6 is 0 Å². The number of ether oxygens (including phenoxy) is 3. The van der Waals surface area contributed by atoms with E-state index in [0.29, 0.717) is 22.8 Å². The highest BCUT2D eigenvalue weighted by atomic mass is 16.5. The third-order valence-electron chi connectivity index (χ3n) is 2.51. The van der Waals surface area contributed by atoms with Crippen molar-refractivity contribution in [1.29, 1.82) is 0 Å². The number of hydrogen-bond acceptors (Lipinski definition) is 4. The fraction of sp³-hybridized carbons (Fsp3) is 0.250. The summed E-state index contributed by atoms with van der Waals surface area (Å²) in [5.41, 5.74) is 0.818. The molecule has 1 heterocycles. The molecule has 0 bridgehead atoms. The number of methoxy groups -OCH3 is 2. The highest BCUT2D eigenvalue weighted by Crippen LogP contribution is 2.38. The van der Waals surface area contributed by atoms with Crippen molar-refractivity contribution in [2.75, 3.05) is 20.8 Å². The summed E-state index contributed by atoms with van der Waals surface area (Å²) in [6.07, 6.45) is 1.56. The second kappa shape index (κ2) is 4.37. The van der Waals surface area contributed by atoms with Crippen LogP contribution < -0.4 is 14.2 Å². The quantitative estimate of drug-likeness (QED) is 0.862. The van der Waals surface area contributed by atoms with E-state index in [4.69, 9.17) is 19.3 Å². The number of aliphatic carboxylic acids is 1. The Labute approximate surface area is 98.2 Å². The van der Waals surface area contributed by atoms with Gasteiger partial charge in [0, 0.05) is 12.1 Å². The Balaban J connectivity index is 2.54. The molecule has 1 aromatic carbocycles. The minimum atomic E-state index is -0.992. The van der Waals surface area contributed by atoms with Crippen LogP contribution in [0.5, 0.6) is 17.2 Å². The van der Waals surface area contributed by atoms with E-state index in [1.807, 2.05) is 0 Å². The van der Waals surface area contributed by atoms with E-state index in [-0.39, 0.29) is 12.2 Å². The van der Waals surface area contributed by atoms with Crippen molar-refractivity contribution in [3.63, 3.8) is 0 Å². The van der Waals surface area contributed by atoms with Gasteiger partial charge >= 0.3 is 5.97 Å². The summed E-state index contributed by atoms with van der Waals surface area (Å²) in [7, 11) is 3.06. The Morgan fingerprint density at radius 1 is 1.35 bits per heavy atom. The molecular weight excluding hydrogens is 224 g/mol. The number of carbonyl (C=O) groups is 1. The molecule has 90 valence electrons. The first-order chi connectivity index (χ1) is 8.15. The first-order valence-corrected chi connectivity index (χ1v) is 4.98. The summed E-state index contributed by atoms with van der Waals surface area (Å²) < 4.78 is 15.7. The second-order valence-electron chi connectivity index (χ2n) is 3.50. The van der Waals surface area contributed by atoms with Crippen molar-refractivity contribution in [1.82, 2.24) is 0 Å². The second-order valence-corrected chi connectivity index (χ2v) is 3.50. The first-order valence-electron chi connectivity index (χ1n) is 4.98. The predicted molar refractivity (Wildman–Crippen MR) is 60.7 cm³/mol. The van der Waals surface area contributed by atoms with Gasteiger partial charge < -0.3 is 19.3 Å². The number of fused-ring (bicyclic) bond motifs is 1. The number of carboxylic acids is 1. The average Bonchev–Trinajstić information content (AvgIpc) is 2.36. The van der Waals surface area contributed by atoms with E-state index in [1.54, 1.807) is 25.3 Å². The maximum atomic E-state index is 10.9. The number of rotatable bonds is 3. The fourth-order valence-electron chi connectivity index (χ4n) is 1.62. The molecule has 0 aromatic heterocycles. The zero-order valence-corrected chi connectivity index (χ0v) is 9.52. The van der Waals surface area contributed by atoms with Gasteiger partial charge in [-0.1, -0.05) is 0 Å². The molecule has 1 aliphatic rings. The van der Waals surface area contributed by atoms with Crippen LogP contribution in [0.15, 0.2) is 17.7 Å². The van der Waals surface area contributed by atoms with E-state index < -0.39 is 5.97 Å². The Kier molecular flexibility index (Phi) is 2.91. The van der Waals surface area contributed by atoms with E-state index >= 15 is 0 Å². The van der Waals surface area contributed by atoms with Gasteiger partial charge in [-0.2, -0.15) is 0 Å². The van der Waals surface area contributed by atoms with E-state index in [0.717, 1.165) is 0 Å². The van der Waals surface area contributed by atoms with Gasteiger partial charge in [0.2, 0.25) is 0 Å². The molecule has 0 radical (unpaired) electrons. The van der Waals surface area contributed by atoms with Crippen LogP contribution in [0, 0.1) is 0 Å². The molecule has 2 rings (SSSR count). The highest BCUT2D eigenvalue weighted by molar-refractivity contribution is 5.94. The molecule has 1 aliphatic heterocycles. The van der Waals surface area contributed by atoms with Crippen molar-refractivity contribution < 1.29 is 24.1 Å². The van der Waals surface area contributed by atoms with Crippen LogP contribution in [0.4, 0.5) is 0 Å². The topological polar surface area (TPSA) is 65.0 Å². The molecule has 0 saturated heterocycles. The van der Waals surface area contributed by atoms with Crippen LogP contribution in [0.3, 0.4) is 0 Å². The minimum absolute atomic E-state index is 0.0403. The van der Waals surface area contributed by atoms with Crippen molar-refractivity contribution in [3.05, 3.63) is 23.3 Å². The van der Waals surface area contributed by atoms with Crippen LogP contribution in [0.1, 0.15) is 5.56 Å². The third kappa shape index (κ3) is 2.04. The van der Waals surface area contributed by atoms with E-state index in [2.05, 4.69) is 0 Å². The van der Waals surface area contributed by atoms with Crippen LogP contribution in [0.25, 0.3) is 6.08 Å². The number of carboxylic acid groups (broad SMARTS) is 1. The summed E-state index contributed by atoms with van der Waals surface area (Å²) in [6, 6.07) is 3.39. The molecule has 0 fully saturated rings. The fourth-order valence-corrected chi connectivity index (χ4v) is 1.62. The van der Waals surface area contributed by atoms with Crippen molar-refractivity contribution in [2.45, 2.75) is 0 Å². The molecule has 1 aromatic rings. The predicted octanol–water partition coefficient (Wildman–Crippen LogP) is 1.56. The molecule has 5 nitrogen and oxygen atoms in total. The van der Waals surface area contributed by atoms with Gasteiger partial charge in [-0.15, -0.1) is 0 Å². The Morgan fingerprint density at radius 3 is 2.71 bits per heavy atom. The molecule has 5 heteroatoms. The zero-order chi connectivity index (χ0) is 12.4.